The van der Waals surface area contributed by atoms with Gasteiger partial charge in [-0.25, -0.2) is 4.99 Å². The Balaban J connectivity index is 0.00000264. The average molecular weight is 427 g/mol. The average Bonchev–Trinajstić information content (AvgIpc) is 2.92. The minimum absolute atomic E-state index is 0. The van der Waals surface area contributed by atoms with Gasteiger partial charge in [0.1, 0.15) is 0 Å². The Morgan fingerprint density at radius 1 is 1.22 bits per heavy atom. The van der Waals surface area contributed by atoms with Gasteiger partial charge in [-0.2, -0.15) is 5.10 Å². The normalized spacial score (nSPS) is 11.0. The van der Waals surface area contributed by atoms with E-state index < -0.39 is 0 Å². The summed E-state index contributed by atoms with van der Waals surface area (Å²) in [6.45, 7) is 1.60. The molecule has 1 aromatic heterocycles. The van der Waals surface area contributed by atoms with E-state index in [1.54, 1.807) is 0 Å². The van der Waals surface area contributed by atoms with Gasteiger partial charge in [-0.3, -0.25) is 4.68 Å². The monoisotopic (exact) mass is 427 g/mol. The lowest BCUT2D eigenvalue weighted by molar-refractivity contribution is 0.574. The second-order valence-corrected chi connectivity index (χ2v) is 5.57. The van der Waals surface area contributed by atoms with Crippen LogP contribution in [0.3, 0.4) is 0 Å². The number of aryl methyl sites for hydroxylation is 2. The molecule has 1 aromatic carbocycles. The Morgan fingerprint density at radius 3 is 2.57 bits per heavy atom. The summed E-state index contributed by atoms with van der Waals surface area (Å²) in [5.74, 6) is 0.926. The van der Waals surface area contributed by atoms with Crippen molar-refractivity contribution in [3.63, 3.8) is 0 Å². The predicted molar refractivity (Wildman–Crippen MR) is 106 cm³/mol. The lowest BCUT2D eigenvalue weighted by Gasteiger charge is -2.17. The zero-order valence-electron chi connectivity index (χ0n) is 14.1. The molecule has 2 aromatic rings. The summed E-state index contributed by atoms with van der Waals surface area (Å²) in [5.41, 5.74) is 2.50. The fraction of sp³-hybridized carbons (Fsp3) is 0.412. The van der Waals surface area contributed by atoms with Crippen LogP contribution in [0.5, 0.6) is 0 Å². The molecule has 126 valence electrons. The third-order valence-electron chi connectivity index (χ3n) is 3.36. The van der Waals surface area contributed by atoms with E-state index in [4.69, 9.17) is 0 Å². The highest BCUT2D eigenvalue weighted by Crippen LogP contribution is 2.02. The molecule has 6 heteroatoms. The van der Waals surface area contributed by atoms with Gasteiger partial charge in [-0.05, 0) is 24.0 Å². The minimum atomic E-state index is 0. The smallest absolute Gasteiger partial charge is 0.193 e. The molecule has 0 aliphatic heterocycles. The summed E-state index contributed by atoms with van der Waals surface area (Å²) >= 11 is 0. The molecule has 0 aliphatic rings. The number of hydrogen-bond acceptors (Lipinski definition) is 2. The molecule has 0 atom stereocenters. The fourth-order valence-electron chi connectivity index (χ4n) is 2.20. The Bertz CT molecular complexity index is 592. The van der Waals surface area contributed by atoms with Crippen LogP contribution < -0.4 is 5.32 Å². The molecule has 0 radical (unpaired) electrons. The third-order valence-corrected chi connectivity index (χ3v) is 3.36. The largest absolute Gasteiger partial charge is 0.356 e. The molecule has 0 aliphatic carbocycles. The van der Waals surface area contributed by atoms with E-state index in [1.165, 1.54) is 11.1 Å². The first-order chi connectivity index (χ1) is 10.6. The van der Waals surface area contributed by atoms with E-state index in [1.807, 2.05) is 55.1 Å². The molecule has 0 fully saturated rings. The molecule has 0 spiro atoms. The van der Waals surface area contributed by atoms with Crippen molar-refractivity contribution in [2.45, 2.75) is 19.4 Å². The summed E-state index contributed by atoms with van der Waals surface area (Å²) in [6, 6.07) is 10.3. The number of nitrogens with zero attached hydrogens (tertiary/aromatic N) is 4. The molecule has 0 bridgehead atoms. The van der Waals surface area contributed by atoms with Crippen LogP contribution >= 0.6 is 24.0 Å². The van der Waals surface area contributed by atoms with Crippen molar-refractivity contribution < 1.29 is 0 Å². The van der Waals surface area contributed by atoms with Crippen LogP contribution in [0, 0.1) is 0 Å². The first-order valence-electron chi connectivity index (χ1n) is 7.62. The highest BCUT2D eigenvalue weighted by Gasteiger charge is 2.02. The van der Waals surface area contributed by atoms with Gasteiger partial charge < -0.3 is 10.2 Å². The number of benzene rings is 1. The fourth-order valence-corrected chi connectivity index (χ4v) is 2.20. The molecule has 0 saturated carbocycles. The van der Waals surface area contributed by atoms with E-state index >= 15 is 0 Å². The van der Waals surface area contributed by atoms with Gasteiger partial charge >= 0.3 is 0 Å². The lowest BCUT2D eigenvalue weighted by atomic mass is 10.2. The maximum atomic E-state index is 4.66. The van der Waals surface area contributed by atoms with Gasteiger partial charge in [0.15, 0.2) is 5.96 Å². The predicted octanol–water partition coefficient (Wildman–Crippen LogP) is 2.68. The molecule has 1 N–H and O–H groups in total. The van der Waals surface area contributed by atoms with Crippen molar-refractivity contribution >= 4 is 29.9 Å². The van der Waals surface area contributed by atoms with E-state index in [9.17, 15) is 0 Å². The number of rotatable bonds is 6. The number of aromatic nitrogens is 2. The van der Waals surface area contributed by atoms with Gasteiger partial charge in [0.05, 0.1) is 12.7 Å². The second-order valence-electron chi connectivity index (χ2n) is 5.57. The molecule has 23 heavy (non-hydrogen) atoms. The van der Waals surface area contributed by atoms with Crippen LogP contribution in [0.25, 0.3) is 0 Å². The van der Waals surface area contributed by atoms with Crippen LogP contribution in [0.4, 0.5) is 0 Å². The molecule has 5 nitrogen and oxygen atoms in total. The third kappa shape index (κ3) is 7.02. The van der Waals surface area contributed by atoms with Crippen LogP contribution in [0.1, 0.15) is 17.5 Å². The summed E-state index contributed by atoms with van der Waals surface area (Å²) < 4.78 is 1.84. The SMILES string of the molecule is CN(C)C(=NCc1ccccc1)NCCCc1cnn(C)c1.I. The maximum Gasteiger partial charge on any atom is 0.193 e. The van der Waals surface area contributed by atoms with Gasteiger partial charge in [-0.1, -0.05) is 30.3 Å². The van der Waals surface area contributed by atoms with Gasteiger partial charge in [0.25, 0.3) is 0 Å². The highest BCUT2D eigenvalue weighted by atomic mass is 127. The first kappa shape index (κ1) is 19.5. The van der Waals surface area contributed by atoms with Crippen molar-refractivity contribution in [2.24, 2.45) is 12.0 Å². The van der Waals surface area contributed by atoms with Gasteiger partial charge in [0, 0.05) is 33.9 Å². The minimum Gasteiger partial charge on any atom is -0.356 e. The van der Waals surface area contributed by atoms with Crippen molar-refractivity contribution in [3.05, 3.63) is 53.9 Å². The van der Waals surface area contributed by atoms with Crippen LogP contribution in [0.2, 0.25) is 0 Å². The molecular formula is C17H26IN5. The summed E-state index contributed by atoms with van der Waals surface area (Å²) in [6.07, 6.45) is 6.08. The lowest BCUT2D eigenvalue weighted by Crippen LogP contribution is -2.37. The number of guanidine groups is 1. The van der Waals surface area contributed by atoms with E-state index in [0.29, 0.717) is 6.54 Å². The standard InChI is InChI=1S/C17H25N5.HI/c1-21(2)17(19-12-15-8-5-4-6-9-15)18-11-7-10-16-13-20-22(3)14-16;/h4-6,8-9,13-14H,7,10-12H2,1-3H3,(H,18,19);1H. The number of hydrogen-bond donors (Lipinski definition) is 1. The van der Waals surface area contributed by atoms with E-state index in [0.717, 1.165) is 25.3 Å². The Kier molecular flexibility index (Phi) is 8.68. The zero-order chi connectivity index (χ0) is 15.8. The Morgan fingerprint density at radius 2 is 1.96 bits per heavy atom. The van der Waals surface area contributed by atoms with Crippen molar-refractivity contribution in [2.75, 3.05) is 20.6 Å². The van der Waals surface area contributed by atoms with Gasteiger partial charge in [0.2, 0.25) is 0 Å². The summed E-state index contributed by atoms with van der Waals surface area (Å²) in [4.78, 5) is 6.68. The number of nitrogens with one attached hydrogen (secondary N) is 1. The first-order valence-corrected chi connectivity index (χ1v) is 7.62. The van der Waals surface area contributed by atoms with Crippen molar-refractivity contribution in [1.29, 1.82) is 0 Å². The molecule has 0 amide bonds. The zero-order valence-corrected chi connectivity index (χ0v) is 16.4. The summed E-state index contributed by atoms with van der Waals surface area (Å²) in [7, 11) is 5.97. The van der Waals surface area contributed by atoms with Gasteiger partial charge in [-0.15, -0.1) is 24.0 Å². The topological polar surface area (TPSA) is 45.4 Å². The van der Waals surface area contributed by atoms with Crippen molar-refractivity contribution in [1.82, 2.24) is 20.0 Å². The summed E-state index contributed by atoms with van der Waals surface area (Å²) in [5, 5.41) is 7.60. The quantitative estimate of drug-likeness (QED) is 0.334. The Hall–Kier alpha value is -1.57. The number of halogens is 1. The molecule has 2 rings (SSSR count). The molecule has 1 heterocycles. The van der Waals surface area contributed by atoms with Crippen LogP contribution in [-0.4, -0.2) is 41.3 Å². The van der Waals surface area contributed by atoms with Crippen LogP contribution in [0.15, 0.2) is 47.7 Å². The molecular weight excluding hydrogens is 401 g/mol. The van der Waals surface area contributed by atoms with Crippen LogP contribution in [-0.2, 0) is 20.0 Å². The second kappa shape index (κ2) is 10.3. The molecule has 0 saturated heterocycles. The van der Waals surface area contributed by atoms with E-state index in [2.05, 4.69) is 33.7 Å². The molecule has 0 unspecified atom stereocenters. The van der Waals surface area contributed by atoms with E-state index in [-0.39, 0.29) is 24.0 Å². The maximum absolute atomic E-state index is 4.66. The Labute approximate surface area is 155 Å². The van der Waals surface area contributed by atoms with Crippen molar-refractivity contribution in [3.8, 4) is 0 Å². The number of aliphatic imine (C=N–C) groups is 1. The highest BCUT2D eigenvalue weighted by molar-refractivity contribution is 14.0.